The monoisotopic (exact) mass is 490 g/mol. The van der Waals surface area contributed by atoms with Crippen LogP contribution in [0.15, 0.2) is 104 Å². The summed E-state index contributed by atoms with van der Waals surface area (Å²) < 4.78 is 18.3. The summed E-state index contributed by atoms with van der Waals surface area (Å²) in [6.07, 6.45) is -2.92. The minimum Gasteiger partial charge on any atom is -0.387 e. The van der Waals surface area contributed by atoms with Crippen LogP contribution in [0, 0.1) is 0 Å². The topological polar surface area (TPSA) is 88.4 Å². The van der Waals surface area contributed by atoms with Gasteiger partial charge in [0.05, 0.1) is 13.2 Å². The molecule has 3 aromatic rings. The summed E-state index contributed by atoms with van der Waals surface area (Å²) in [5.41, 5.74) is 1.72. The third-order valence-electron chi connectivity index (χ3n) is 6.51. The van der Waals surface area contributed by atoms with Crippen molar-refractivity contribution in [2.45, 2.75) is 49.1 Å². The van der Waals surface area contributed by atoms with Crippen LogP contribution in [0.2, 0.25) is 0 Å². The number of ether oxygens (including phenoxy) is 3. The molecule has 6 nitrogen and oxygen atoms in total. The van der Waals surface area contributed by atoms with E-state index in [2.05, 4.69) is 6.58 Å². The molecule has 5 atom stereocenters. The third-order valence-corrected chi connectivity index (χ3v) is 6.51. The van der Waals surface area contributed by atoms with Crippen molar-refractivity contribution in [1.29, 1.82) is 0 Å². The summed E-state index contributed by atoms with van der Waals surface area (Å²) in [6.45, 7) is 3.96. The van der Waals surface area contributed by atoms with E-state index in [1.807, 2.05) is 91.0 Å². The lowest BCUT2D eigenvalue weighted by atomic mass is 9.80. The Balaban J connectivity index is 1.66. The standard InChI is InChI=1S/C30H34O6/c1-2-3-13-20-34-29-28(33)27(32)26(31)25(36-29)21-35-30(22-14-7-4-8-15-22,23-16-9-5-10-17-23)24-18-11-6-12-19-24/h2,4-12,14-19,25-29,31-33H,1,3,13,20-21H2/t25-,26+,27+,28-,29-/m1/s1. The summed E-state index contributed by atoms with van der Waals surface area (Å²) in [5, 5.41) is 31.7. The van der Waals surface area contributed by atoms with Gasteiger partial charge < -0.3 is 29.5 Å². The molecule has 1 fully saturated rings. The molecule has 3 N–H and O–H groups in total. The van der Waals surface area contributed by atoms with E-state index < -0.39 is 36.3 Å². The molecule has 190 valence electrons. The van der Waals surface area contributed by atoms with Gasteiger partial charge in [-0.15, -0.1) is 6.58 Å². The first kappa shape index (κ1) is 26.2. The van der Waals surface area contributed by atoms with Gasteiger partial charge in [-0.1, -0.05) is 97.1 Å². The number of rotatable bonds is 11. The molecule has 0 amide bonds. The highest BCUT2D eigenvalue weighted by molar-refractivity contribution is 5.47. The van der Waals surface area contributed by atoms with Gasteiger partial charge in [0.25, 0.3) is 0 Å². The molecule has 0 radical (unpaired) electrons. The van der Waals surface area contributed by atoms with Crippen molar-refractivity contribution in [1.82, 2.24) is 0 Å². The SMILES string of the molecule is C=CCCCO[C@@H]1O[C@H](COC(c2ccccc2)(c2ccccc2)c2ccccc2)[C@H](O)[C@H](O)[C@H]1O. The predicted molar refractivity (Wildman–Crippen MR) is 137 cm³/mol. The number of aliphatic hydroxyl groups excluding tert-OH is 3. The molecule has 0 unspecified atom stereocenters. The van der Waals surface area contributed by atoms with Crippen molar-refractivity contribution in [3.63, 3.8) is 0 Å². The van der Waals surface area contributed by atoms with Gasteiger partial charge in [-0.25, -0.2) is 0 Å². The van der Waals surface area contributed by atoms with Crippen molar-refractivity contribution in [3.05, 3.63) is 120 Å². The van der Waals surface area contributed by atoms with E-state index in [1.165, 1.54) is 0 Å². The van der Waals surface area contributed by atoms with E-state index in [0.717, 1.165) is 23.1 Å². The minimum atomic E-state index is -1.43. The number of benzene rings is 3. The second kappa shape index (κ2) is 12.4. The molecule has 3 aromatic carbocycles. The van der Waals surface area contributed by atoms with Crippen LogP contribution in [0.3, 0.4) is 0 Å². The van der Waals surface area contributed by atoms with Crippen LogP contribution >= 0.6 is 0 Å². The first-order valence-corrected chi connectivity index (χ1v) is 12.3. The smallest absolute Gasteiger partial charge is 0.186 e. The Morgan fingerprint density at radius 1 is 0.750 bits per heavy atom. The number of hydrogen-bond acceptors (Lipinski definition) is 6. The minimum absolute atomic E-state index is 0.0594. The second-order valence-electron chi connectivity index (χ2n) is 8.91. The quantitative estimate of drug-likeness (QED) is 0.215. The Morgan fingerprint density at radius 2 is 1.25 bits per heavy atom. The number of aliphatic hydroxyl groups is 3. The van der Waals surface area contributed by atoms with Crippen LogP contribution in [-0.4, -0.2) is 59.2 Å². The molecule has 1 saturated heterocycles. The van der Waals surface area contributed by atoms with Crippen LogP contribution in [0.25, 0.3) is 0 Å². The fraction of sp³-hybridized carbons (Fsp3) is 0.333. The Labute approximate surface area is 212 Å². The van der Waals surface area contributed by atoms with Crippen molar-refractivity contribution in [2.24, 2.45) is 0 Å². The Bertz CT molecular complexity index is 962. The lowest BCUT2D eigenvalue weighted by molar-refractivity contribution is -0.305. The summed E-state index contributed by atoms with van der Waals surface area (Å²) >= 11 is 0. The molecule has 1 heterocycles. The van der Waals surface area contributed by atoms with E-state index >= 15 is 0 Å². The van der Waals surface area contributed by atoms with E-state index in [9.17, 15) is 15.3 Å². The van der Waals surface area contributed by atoms with Gasteiger partial charge in [-0.05, 0) is 29.5 Å². The predicted octanol–water partition coefficient (Wildman–Crippen LogP) is 3.79. The average molecular weight is 491 g/mol. The fourth-order valence-corrected chi connectivity index (χ4v) is 4.59. The van der Waals surface area contributed by atoms with Crippen molar-refractivity contribution < 1.29 is 29.5 Å². The zero-order valence-electron chi connectivity index (χ0n) is 20.2. The maximum atomic E-state index is 10.8. The zero-order valence-corrected chi connectivity index (χ0v) is 20.2. The van der Waals surface area contributed by atoms with Gasteiger partial charge in [0.1, 0.15) is 30.0 Å². The molecule has 0 aromatic heterocycles. The first-order valence-electron chi connectivity index (χ1n) is 12.3. The van der Waals surface area contributed by atoms with E-state index in [0.29, 0.717) is 13.0 Å². The van der Waals surface area contributed by atoms with E-state index in [1.54, 1.807) is 6.08 Å². The molecular formula is C30H34O6. The lowest BCUT2D eigenvalue weighted by Gasteiger charge is -2.42. The van der Waals surface area contributed by atoms with Gasteiger partial charge in [-0.3, -0.25) is 0 Å². The molecule has 1 aliphatic rings. The van der Waals surface area contributed by atoms with Gasteiger partial charge >= 0.3 is 0 Å². The molecular weight excluding hydrogens is 456 g/mol. The molecule has 0 aliphatic carbocycles. The molecule has 0 bridgehead atoms. The summed E-state index contributed by atoms with van der Waals surface area (Å²) in [6, 6.07) is 29.6. The van der Waals surface area contributed by atoms with Crippen LogP contribution in [0.1, 0.15) is 29.5 Å². The molecule has 6 heteroatoms. The van der Waals surface area contributed by atoms with E-state index in [-0.39, 0.29) is 6.61 Å². The molecule has 0 spiro atoms. The number of allylic oxidation sites excluding steroid dienone is 1. The van der Waals surface area contributed by atoms with Crippen molar-refractivity contribution >= 4 is 0 Å². The highest BCUT2D eigenvalue weighted by Crippen LogP contribution is 2.41. The lowest BCUT2D eigenvalue weighted by Crippen LogP contribution is -2.59. The highest BCUT2D eigenvalue weighted by Gasteiger charge is 2.46. The maximum absolute atomic E-state index is 10.8. The molecule has 0 saturated carbocycles. The Hall–Kier alpha value is -2.84. The summed E-state index contributed by atoms with van der Waals surface area (Å²) in [7, 11) is 0. The molecule has 1 aliphatic heterocycles. The molecule has 4 rings (SSSR count). The van der Waals surface area contributed by atoms with Crippen LogP contribution in [0.5, 0.6) is 0 Å². The maximum Gasteiger partial charge on any atom is 0.186 e. The normalized spacial score (nSPS) is 24.4. The fourth-order valence-electron chi connectivity index (χ4n) is 4.59. The van der Waals surface area contributed by atoms with E-state index in [4.69, 9.17) is 14.2 Å². The summed E-state index contributed by atoms with van der Waals surface area (Å²) in [4.78, 5) is 0. The van der Waals surface area contributed by atoms with Gasteiger partial charge in [0.15, 0.2) is 6.29 Å². The van der Waals surface area contributed by atoms with Gasteiger partial charge in [-0.2, -0.15) is 0 Å². The highest BCUT2D eigenvalue weighted by atomic mass is 16.7. The average Bonchev–Trinajstić information content (AvgIpc) is 2.94. The van der Waals surface area contributed by atoms with Crippen LogP contribution < -0.4 is 0 Å². The van der Waals surface area contributed by atoms with Crippen molar-refractivity contribution in [3.8, 4) is 0 Å². The third kappa shape index (κ3) is 5.60. The van der Waals surface area contributed by atoms with Gasteiger partial charge in [0.2, 0.25) is 0 Å². The van der Waals surface area contributed by atoms with Crippen LogP contribution in [-0.2, 0) is 19.8 Å². The Morgan fingerprint density at radius 3 is 1.72 bits per heavy atom. The zero-order chi connectivity index (χ0) is 25.4. The number of hydrogen-bond donors (Lipinski definition) is 3. The van der Waals surface area contributed by atoms with Crippen LogP contribution in [0.4, 0.5) is 0 Å². The number of unbranched alkanes of at least 4 members (excludes halogenated alkanes) is 1. The second-order valence-corrected chi connectivity index (χ2v) is 8.91. The van der Waals surface area contributed by atoms with Crippen molar-refractivity contribution in [2.75, 3.05) is 13.2 Å². The van der Waals surface area contributed by atoms with Gasteiger partial charge in [0, 0.05) is 0 Å². The first-order chi connectivity index (χ1) is 17.6. The largest absolute Gasteiger partial charge is 0.387 e. The molecule has 36 heavy (non-hydrogen) atoms. The Kier molecular flexibility index (Phi) is 9.04. The summed E-state index contributed by atoms with van der Waals surface area (Å²) in [5.74, 6) is 0.